The Kier molecular flexibility index (Phi) is 11.8. The molecule has 0 unspecified atom stereocenters. The number of hydrogen-bond donors (Lipinski definition) is 0. The molecule has 78 valence electrons. The Morgan fingerprint density at radius 3 is 1.87 bits per heavy atom. The van der Waals surface area contributed by atoms with E-state index in [1.807, 2.05) is 6.07 Å². The van der Waals surface area contributed by atoms with Crippen molar-refractivity contribution >= 4 is 0 Å². The summed E-state index contributed by atoms with van der Waals surface area (Å²) in [4.78, 5) is 0. The Bertz CT molecular complexity index is 310. The molecule has 0 bridgehead atoms. The van der Waals surface area contributed by atoms with Crippen molar-refractivity contribution in [2.45, 2.75) is 6.42 Å². The van der Waals surface area contributed by atoms with Gasteiger partial charge in [0.1, 0.15) is 0 Å². The van der Waals surface area contributed by atoms with Gasteiger partial charge in [0, 0.05) is 0 Å². The Morgan fingerprint density at radius 1 is 1.07 bits per heavy atom. The summed E-state index contributed by atoms with van der Waals surface area (Å²) in [6.45, 7) is 0. The third kappa shape index (κ3) is 8.77. The van der Waals surface area contributed by atoms with Crippen LogP contribution < -0.4 is 29.9 Å². The summed E-state index contributed by atoms with van der Waals surface area (Å²) in [5.41, 5.74) is 0. The molecule has 1 nitrogen and oxygen atoms in total. The number of hydrogen-bond acceptors (Lipinski definition) is 1. The molecule has 1 aliphatic carbocycles. The van der Waals surface area contributed by atoms with Crippen LogP contribution in [0.3, 0.4) is 0 Å². The topological polar surface area (TPSA) is 23.1 Å². The zero-order valence-corrected chi connectivity index (χ0v) is 11.1. The van der Waals surface area contributed by atoms with Gasteiger partial charge >= 0.3 is 49.0 Å². The molecule has 0 aliphatic heterocycles. The molecular formula is C11H10Cl2OTi. The van der Waals surface area contributed by atoms with Gasteiger partial charge in [-0.2, -0.15) is 0 Å². The molecule has 1 aromatic rings. The van der Waals surface area contributed by atoms with E-state index in [1.165, 1.54) is 22.4 Å². The van der Waals surface area contributed by atoms with Crippen LogP contribution in [-0.4, -0.2) is 0 Å². The van der Waals surface area contributed by atoms with E-state index in [0.29, 0.717) is 0 Å². The molecule has 4 heteroatoms. The molecule has 0 fully saturated rings. The number of halogens is 2. The van der Waals surface area contributed by atoms with E-state index in [2.05, 4.69) is 38.7 Å². The second-order valence-electron chi connectivity index (χ2n) is 2.64. The molecule has 0 amide bonds. The number of benzene rings is 1. The summed E-state index contributed by atoms with van der Waals surface area (Å²) in [7, 11) is 0. The van der Waals surface area contributed by atoms with Gasteiger partial charge < -0.3 is 29.9 Å². The van der Waals surface area contributed by atoms with E-state index >= 15 is 0 Å². The Morgan fingerprint density at radius 2 is 1.67 bits per heavy atom. The van der Waals surface area contributed by atoms with Crippen LogP contribution in [-0.2, 0) is 20.4 Å². The molecule has 0 N–H and O–H groups in total. The van der Waals surface area contributed by atoms with Crippen molar-refractivity contribution in [2.75, 3.05) is 0 Å². The second kappa shape index (κ2) is 10.3. The minimum atomic E-state index is 0. The first kappa shape index (κ1) is 17.2. The molecule has 1 aromatic carbocycles. The number of allylic oxidation sites excluding steroid dienone is 4. The van der Waals surface area contributed by atoms with Gasteiger partial charge in [0.2, 0.25) is 0 Å². The van der Waals surface area contributed by atoms with Crippen molar-refractivity contribution in [1.82, 2.24) is 0 Å². The fourth-order valence-electron chi connectivity index (χ4n) is 0.868. The average Bonchev–Trinajstić information content (AvgIpc) is 2.58. The van der Waals surface area contributed by atoms with Crippen molar-refractivity contribution in [2.24, 2.45) is 0 Å². The van der Waals surface area contributed by atoms with Crippen LogP contribution in [0, 0.1) is 0 Å². The average molecular weight is 277 g/mol. The van der Waals surface area contributed by atoms with Crippen molar-refractivity contribution in [1.29, 1.82) is 0 Å². The van der Waals surface area contributed by atoms with E-state index in [-0.39, 0.29) is 30.6 Å². The predicted octanol–water partition coefficient (Wildman–Crippen LogP) is -3.85. The zero-order chi connectivity index (χ0) is 9.52. The summed E-state index contributed by atoms with van der Waals surface area (Å²) in [6, 6.07) is 8.33. The molecule has 0 radical (unpaired) electrons. The van der Waals surface area contributed by atoms with Crippen molar-refractivity contribution in [3.63, 3.8) is 0 Å². The minimum absolute atomic E-state index is 0. The van der Waals surface area contributed by atoms with Gasteiger partial charge in [0.15, 0.2) is 0 Å². The van der Waals surface area contributed by atoms with Gasteiger partial charge in [-0.1, -0.05) is 30.3 Å². The van der Waals surface area contributed by atoms with Crippen LogP contribution in [0.15, 0.2) is 52.4 Å². The predicted molar refractivity (Wildman–Crippen MR) is 47.7 cm³/mol. The van der Waals surface area contributed by atoms with Gasteiger partial charge in [0.25, 0.3) is 0 Å². The first-order valence-corrected chi connectivity index (χ1v) is 4.86. The molecule has 0 atom stereocenters. The number of para-hydroxylation sites is 1. The fraction of sp³-hybridized carbons (Fsp3) is 0.0909. The molecule has 2 rings (SSSR count). The van der Waals surface area contributed by atoms with Gasteiger partial charge in [-0.3, -0.25) is 0 Å². The summed E-state index contributed by atoms with van der Waals surface area (Å²) in [6.07, 6.45) is 7.56. The quantitative estimate of drug-likeness (QED) is 0.445. The Labute approximate surface area is 115 Å². The molecule has 0 heterocycles. The van der Waals surface area contributed by atoms with Crippen LogP contribution >= 0.6 is 0 Å². The van der Waals surface area contributed by atoms with Crippen LogP contribution in [0.5, 0.6) is 5.75 Å². The monoisotopic (exact) mass is 276 g/mol. The van der Waals surface area contributed by atoms with E-state index < -0.39 is 0 Å². The maximum absolute atomic E-state index is 10.3. The normalized spacial score (nSPS) is 11.5. The summed E-state index contributed by atoms with van der Waals surface area (Å²) in [5.74, 6) is 0.0718. The third-order valence-electron chi connectivity index (χ3n) is 1.51. The van der Waals surface area contributed by atoms with Gasteiger partial charge in [-0.25, -0.2) is 0 Å². The zero-order valence-electron chi connectivity index (χ0n) is 7.99. The standard InChI is InChI=1S/C6H6O.C5H5.2ClH.Ti/c7-6-4-2-1-3-5-6;1-2-4-5-3-1;;;/h1-5,7H;1-3H,4H2;2*1H;/q;;;;+3/p-3. The molecule has 15 heavy (non-hydrogen) atoms. The van der Waals surface area contributed by atoms with E-state index in [1.54, 1.807) is 12.1 Å². The Hall–Kier alpha value is -0.206. The number of rotatable bonds is 0. The second-order valence-corrected chi connectivity index (χ2v) is 3.64. The van der Waals surface area contributed by atoms with Crippen molar-refractivity contribution in [3.8, 4) is 5.75 Å². The molecule has 0 aromatic heterocycles. The summed E-state index contributed by atoms with van der Waals surface area (Å²) >= 11 is 2.14. The van der Waals surface area contributed by atoms with Crippen LogP contribution in [0.25, 0.3) is 0 Å². The maximum atomic E-state index is 10.3. The summed E-state index contributed by atoms with van der Waals surface area (Å²) < 4.78 is 1.47. The van der Waals surface area contributed by atoms with Crippen LogP contribution in [0.4, 0.5) is 0 Å². The molecular weight excluding hydrogens is 267 g/mol. The fourth-order valence-corrected chi connectivity index (χ4v) is 1.20. The molecule has 0 saturated carbocycles. The molecule has 0 spiro atoms. The van der Waals surface area contributed by atoms with Gasteiger partial charge in [-0.15, -0.1) is 5.75 Å². The van der Waals surface area contributed by atoms with E-state index in [4.69, 9.17) is 0 Å². The Balaban J connectivity index is 0. The SMILES string of the molecule is [Cl-].[Cl-].[O-]c1ccccc1.[Ti+3][C]1=CC=CC1. The van der Waals surface area contributed by atoms with Crippen molar-refractivity contribution < 1.29 is 50.4 Å². The van der Waals surface area contributed by atoms with Crippen LogP contribution in [0.1, 0.15) is 6.42 Å². The molecule has 0 saturated heterocycles. The first-order chi connectivity index (χ1) is 6.29. The third-order valence-corrected chi connectivity index (χ3v) is 2.09. The van der Waals surface area contributed by atoms with E-state index in [9.17, 15) is 5.11 Å². The summed E-state index contributed by atoms with van der Waals surface area (Å²) in [5, 5.41) is 10.3. The van der Waals surface area contributed by atoms with Crippen LogP contribution in [0.2, 0.25) is 0 Å². The van der Waals surface area contributed by atoms with Gasteiger partial charge in [-0.05, 0) is 0 Å². The van der Waals surface area contributed by atoms with Gasteiger partial charge in [0.05, 0.1) is 0 Å². The van der Waals surface area contributed by atoms with Crippen molar-refractivity contribution in [3.05, 3.63) is 52.4 Å². The van der Waals surface area contributed by atoms with E-state index in [0.717, 1.165) is 0 Å². The first-order valence-electron chi connectivity index (χ1n) is 4.08. The molecule has 1 aliphatic rings.